The second kappa shape index (κ2) is 5.91. The zero-order valence-corrected chi connectivity index (χ0v) is 10.3. The van der Waals surface area contributed by atoms with E-state index < -0.39 is 0 Å². The van der Waals surface area contributed by atoms with Crippen molar-refractivity contribution in [3.63, 3.8) is 0 Å². The van der Waals surface area contributed by atoms with Gasteiger partial charge in [0.25, 0.3) is 0 Å². The Morgan fingerprint density at radius 2 is 2.07 bits per heavy atom. The van der Waals surface area contributed by atoms with Gasteiger partial charge in [0.05, 0.1) is 18.1 Å². The minimum atomic E-state index is 0.399. The molecule has 0 aliphatic heterocycles. The summed E-state index contributed by atoms with van der Waals surface area (Å²) in [4.78, 5) is 4.41. The van der Waals surface area contributed by atoms with Crippen molar-refractivity contribution in [2.75, 3.05) is 7.05 Å². The molecular formula is C12H23N3. The fourth-order valence-corrected chi connectivity index (χ4v) is 1.95. The summed E-state index contributed by atoms with van der Waals surface area (Å²) in [6, 6.07) is 0.399. The van der Waals surface area contributed by atoms with Crippen LogP contribution in [0.4, 0.5) is 0 Å². The van der Waals surface area contributed by atoms with Crippen LogP contribution in [0.3, 0.4) is 0 Å². The molecule has 1 rings (SSSR count). The van der Waals surface area contributed by atoms with E-state index in [1.807, 2.05) is 25.0 Å². The van der Waals surface area contributed by atoms with Gasteiger partial charge in [-0.2, -0.15) is 0 Å². The first-order valence-electron chi connectivity index (χ1n) is 5.86. The quantitative estimate of drug-likeness (QED) is 0.780. The molecule has 0 saturated carbocycles. The van der Waals surface area contributed by atoms with Crippen LogP contribution in [0.1, 0.15) is 44.8 Å². The molecular weight excluding hydrogens is 186 g/mol. The van der Waals surface area contributed by atoms with Gasteiger partial charge in [-0.25, -0.2) is 4.98 Å². The van der Waals surface area contributed by atoms with E-state index in [1.165, 1.54) is 19.3 Å². The number of nitrogens with zero attached hydrogens (tertiary/aromatic N) is 2. The molecule has 1 aromatic heterocycles. The van der Waals surface area contributed by atoms with Gasteiger partial charge in [0.1, 0.15) is 0 Å². The lowest BCUT2D eigenvalue weighted by Gasteiger charge is -2.19. The van der Waals surface area contributed by atoms with Gasteiger partial charge in [-0.3, -0.25) is 0 Å². The maximum absolute atomic E-state index is 4.41. The van der Waals surface area contributed by atoms with Gasteiger partial charge in [-0.05, 0) is 19.4 Å². The van der Waals surface area contributed by atoms with Crippen LogP contribution in [-0.4, -0.2) is 16.6 Å². The number of imidazole rings is 1. The smallest absolute Gasteiger partial charge is 0.0947 e. The van der Waals surface area contributed by atoms with Crippen LogP contribution in [0.5, 0.6) is 0 Å². The van der Waals surface area contributed by atoms with E-state index in [1.54, 1.807) is 0 Å². The Hall–Kier alpha value is -0.830. The van der Waals surface area contributed by atoms with Gasteiger partial charge in [-0.1, -0.05) is 26.7 Å². The van der Waals surface area contributed by atoms with Gasteiger partial charge >= 0.3 is 0 Å². The Labute approximate surface area is 92.9 Å². The number of nitrogens with one attached hydrogen (secondary N) is 1. The summed E-state index contributed by atoms with van der Waals surface area (Å²) in [5, 5.41) is 3.35. The maximum Gasteiger partial charge on any atom is 0.0947 e. The third-order valence-corrected chi connectivity index (χ3v) is 3.15. The molecule has 1 unspecified atom stereocenters. The lowest BCUT2D eigenvalue weighted by molar-refractivity contribution is 0.381. The fraction of sp³-hybridized carbons (Fsp3) is 0.750. The summed E-state index contributed by atoms with van der Waals surface area (Å²) in [5.74, 6) is 0.796. The third-order valence-electron chi connectivity index (χ3n) is 3.15. The summed E-state index contributed by atoms with van der Waals surface area (Å²) >= 11 is 0. The van der Waals surface area contributed by atoms with Crippen molar-refractivity contribution in [3.8, 4) is 0 Å². The molecule has 0 aromatic carbocycles. The van der Waals surface area contributed by atoms with Crippen molar-refractivity contribution in [1.82, 2.24) is 14.9 Å². The van der Waals surface area contributed by atoms with Gasteiger partial charge in [0, 0.05) is 13.2 Å². The largest absolute Gasteiger partial charge is 0.340 e. The molecule has 0 aliphatic carbocycles. The van der Waals surface area contributed by atoms with Crippen LogP contribution < -0.4 is 5.32 Å². The third kappa shape index (κ3) is 3.34. The summed E-state index contributed by atoms with van der Waals surface area (Å²) in [7, 11) is 4.03. The molecule has 86 valence electrons. The van der Waals surface area contributed by atoms with Crippen molar-refractivity contribution in [2.45, 2.75) is 39.2 Å². The first kappa shape index (κ1) is 12.2. The van der Waals surface area contributed by atoms with Crippen LogP contribution in [0, 0.1) is 5.92 Å². The van der Waals surface area contributed by atoms with E-state index in [-0.39, 0.29) is 0 Å². The van der Waals surface area contributed by atoms with Crippen molar-refractivity contribution < 1.29 is 0 Å². The lowest BCUT2D eigenvalue weighted by Crippen LogP contribution is -2.20. The van der Waals surface area contributed by atoms with E-state index in [9.17, 15) is 0 Å². The van der Waals surface area contributed by atoms with Crippen LogP contribution in [0.2, 0.25) is 0 Å². The molecule has 1 heterocycles. The van der Waals surface area contributed by atoms with Crippen molar-refractivity contribution >= 4 is 0 Å². The van der Waals surface area contributed by atoms with E-state index >= 15 is 0 Å². The number of hydrogen-bond donors (Lipinski definition) is 1. The molecule has 1 atom stereocenters. The Morgan fingerprint density at radius 3 is 2.47 bits per heavy atom. The van der Waals surface area contributed by atoms with E-state index in [4.69, 9.17) is 0 Å². The monoisotopic (exact) mass is 209 g/mol. The van der Waals surface area contributed by atoms with Crippen molar-refractivity contribution in [1.29, 1.82) is 0 Å². The maximum atomic E-state index is 4.41. The van der Waals surface area contributed by atoms with Crippen LogP contribution in [-0.2, 0) is 7.05 Å². The molecule has 1 N–H and O–H groups in total. The van der Waals surface area contributed by atoms with Gasteiger partial charge in [-0.15, -0.1) is 0 Å². The summed E-state index contributed by atoms with van der Waals surface area (Å²) in [5.41, 5.74) is 1.16. The predicted molar refractivity (Wildman–Crippen MR) is 63.7 cm³/mol. The highest BCUT2D eigenvalue weighted by atomic mass is 15.0. The van der Waals surface area contributed by atoms with E-state index in [0.29, 0.717) is 6.04 Å². The molecule has 0 amide bonds. The zero-order chi connectivity index (χ0) is 11.3. The minimum absolute atomic E-state index is 0.399. The Kier molecular flexibility index (Phi) is 4.82. The topological polar surface area (TPSA) is 29.9 Å². The lowest BCUT2D eigenvalue weighted by atomic mass is 9.93. The van der Waals surface area contributed by atoms with Crippen molar-refractivity contribution in [2.24, 2.45) is 13.0 Å². The Morgan fingerprint density at radius 1 is 1.40 bits per heavy atom. The van der Waals surface area contributed by atoms with Gasteiger partial charge in [0.15, 0.2) is 0 Å². The highest BCUT2D eigenvalue weighted by Crippen LogP contribution is 2.23. The average molecular weight is 209 g/mol. The number of hydrogen-bond acceptors (Lipinski definition) is 2. The number of aryl methyl sites for hydroxylation is 1. The Balaban J connectivity index is 2.63. The highest BCUT2D eigenvalue weighted by molar-refractivity contribution is 5.03. The molecule has 0 spiro atoms. The summed E-state index contributed by atoms with van der Waals surface area (Å²) in [6.45, 7) is 4.53. The molecule has 0 aliphatic rings. The molecule has 0 radical (unpaired) electrons. The Bertz CT molecular complexity index is 276. The number of rotatable bonds is 6. The second-order valence-corrected chi connectivity index (χ2v) is 4.22. The second-order valence-electron chi connectivity index (χ2n) is 4.22. The average Bonchev–Trinajstić information content (AvgIpc) is 2.67. The fourth-order valence-electron chi connectivity index (χ4n) is 1.95. The normalized spacial score (nSPS) is 13.4. The SMILES string of the molecule is CCC(CC)CC(NC)c1cn(C)cn1. The number of aromatic nitrogens is 2. The predicted octanol–water partition coefficient (Wildman–Crippen LogP) is 2.51. The highest BCUT2D eigenvalue weighted by Gasteiger charge is 2.16. The van der Waals surface area contributed by atoms with Gasteiger partial charge in [0.2, 0.25) is 0 Å². The zero-order valence-electron chi connectivity index (χ0n) is 10.3. The first-order chi connectivity index (χ1) is 7.21. The summed E-state index contributed by atoms with van der Waals surface area (Å²) < 4.78 is 2.01. The molecule has 15 heavy (non-hydrogen) atoms. The van der Waals surface area contributed by atoms with E-state index in [2.05, 4.69) is 30.3 Å². The first-order valence-corrected chi connectivity index (χ1v) is 5.86. The molecule has 3 heteroatoms. The van der Waals surface area contributed by atoms with Crippen LogP contribution in [0.15, 0.2) is 12.5 Å². The molecule has 0 bridgehead atoms. The van der Waals surface area contributed by atoms with Crippen LogP contribution in [0.25, 0.3) is 0 Å². The van der Waals surface area contributed by atoms with E-state index in [0.717, 1.165) is 11.6 Å². The molecule has 1 aromatic rings. The van der Waals surface area contributed by atoms with Gasteiger partial charge < -0.3 is 9.88 Å². The van der Waals surface area contributed by atoms with Crippen molar-refractivity contribution in [3.05, 3.63) is 18.2 Å². The molecule has 0 saturated heterocycles. The minimum Gasteiger partial charge on any atom is -0.340 e. The molecule has 3 nitrogen and oxygen atoms in total. The standard InChI is InChI=1S/C12H23N3/c1-5-10(6-2)7-11(13-3)12-8-15(4)9-14-12/h8-11,13H,5-7H2,1-4H3. The molecule has 0 fully saturated rings. The van der Waals surface area contributed by atoms with Crippen LogP contribution >= 0.6 is 0 Å². The summed E-state index contributed by atoms with van der Waals surface area (Å²) in [6.07, 6.45) is 7.65.